The van der Waals surface area contributed by atoms with E-state index < -0.39 is 0 Å². The van der Waals surface area contributed by atoms with Crippen molar-refractivity contribution in [3.8, 4) is 0 Å². The fourth-order valence-electron chi connectivity index (χ4n) is 2.57. The van der Waals surface area contributed by atoms with Gasteiger partial charge in [0.2, 0.25) is 5.13 Å². The molecule has 1 aliphatic rings. The fourth-order valence-corrected chi connectivity index (χ4v) is 3.26. The molecular weight excluding hydrogens is 310 g/mol. The zero-order chi connectivity index (χ0) is 16.2. The summed E-state index contributed by atoms with van der Waals surface area (Å²) in [5.41, 5.74) is 0.959. The number of aromatic nitrogens is 3. The quantitative estimate of drug-likeness (QED) is 0.907. The summed E-state index contributed by atoms with van der Waals surface area (Å²) < 4.78 is 5.91. The van der Waals surface area contributed by atoms with Gasteiger partial charge in [0.05, 0.1) is 12.3 Å². The molecule has 2 aromatic heterocycles. The van der Waals surface area contributed by atoms with E-state index in [0.29, 0.717) is 6.04 Å². The molecule has 1 saturated heterocycles. The molecular formula is C16H23N5OS. The largest absolute Gasteiger partial charge is 0.369 e. The molecule has 0 aromatic carbocycles. The van der Waals surface area contributed by atoms with Crippen molar-refractivity contribution in [2.75, 3.05) is 25.0 Å². The van der Waals surface area contributed by atoms with Crippen LogP contribution in [0.4, 0.5) is 10.9 Å². The van der Waals surface area contributed by atoms with Gasteiger partial charge in [0.1, 0.15) is 16.9 Å². The summed E-state index contributed by atoms with van der Waals surface area (Å²) in [6, 6.07) is 6.50. The number of ether oxygens (including phenoxy) is 1. The van der Waals surface area contributed by atoms with Crippen LogP contribution in [0.2, 0.25) is 0 Å². The summed E-state index contributed by atoms with van der Waals surface area (Å²) >= 11 is 1.56. The van der Waals surface area contributed by atoms with Crippen molar-refractivity contribution < 1.29 is 4.74 Å². The highest BCUT2D eigenvalue weighted by Gasteiger charge is 2.24. The molecule has 124 valence electrons. The van der Waals surface area contributed by atoms with E-state index in [2.05, 4.69) is 41.2 Å². The molecule has 0 aliphatic carbocycles. The Hall–Kier alpha value is -1.57. The molecule has 1 atom stereocenters. The van der Waals surface area contributed by atoms with Crippen LogP contribution in [0.15, 0.2) is 18.2 Å². The number of hydrogen-bond donors (Lipinski definition) is 1. The Labute approximate surface area is 140 Å². The van der Waals surface area contributed by atoms with Crippen molar-refractivity contribution >= 4 is 22.3 Å². The average molecular weight is 333 g/mol. The van der Waals surface area contributed by atoms with E-state index in [1.165, 1.54) is 0 Å². The predicted octanol–water partition coefficient (Wildman–Crippen LogP) is 3.02. The Kier molecular flexibility index (Phi) is 5.20. The third kappa shape index (κ3) is 4.04. The van der Waals surface area contributed by atoms with Gasteiger partial charge >= 0.3 is 0 Å². The first-order valence-corrected chi connectivity index (χ1v) is 8.89. The number of pyridine rings is 1. The van der Waals surface area contributed by atoms with Gasteiger partial charge in [0, 0.05) is 19.1 Å². The minimum atomic E-state index is 0.0218. The number of aryl methyl sites for hydroxylation is 1. The number of rotatable bonds is 5. The SMILES string of the molecule is CCc1nnc(Nc2cccc([C@@H]3CN(C(C)C)CCO3)n2)s1. The molecule has 0 unspecified atom stereocenters. The van der Waals surface area contributed by atoms with E-state index in [9.17, 15) is 0 Å². The maximum Gasteiger partial charge on any atom is 0.211 e. The van der Waals surface area contributed by atoms with Crippen LogP contribution in [0.25, 0.3) is 0 Å². The Balaban J connectivity index is 1.71. The van der Waals surface area contributed by atoms with Gasteiger partial charge in [-0.2, -0.15) is 0 Å². The molecule has 23 heavy (non-hydrogen) atoms. The highest BCUT2D eigenvalue weighted by atomic mass is 32.1. The molecule has 1 fully saturated rings. The summed E-state index contributed by atoms with van der Waals surface area (Å²) in [4.78, 5) is 7.12. The topological polar surface area (TPSA) is 63.2 Å². The highest BCUT2D eigenvalue weighted by Crippen LogP contribution is 2.25. The first-order chi connectivity index (χ1) is 11.2. The van der Waals surface area contributed by atoms with E-state index in [1.54, 1.807) is 11.3 Å². The van der Waals surface area contributed by atoms with Crippen LogP contribution in [0, 0.1) is 0 Å². The summed E-state index contributed by atoms with van der Waals surface area (Å²) in [6.45, 7) is 9.12. The van der Waals surface area contributed by atoms with Crippen molar-refractivity contribution in [2.24, 2.45) is 0 Å². The van der Waals surface area contributed by atoms with Crippen molar-refractivity contribution in [3.05, 3.63) is 28.9 Å². The van der Waals surface area contributed by atoms with Gasteiger partial charge in [-0.1, -0.05) is 24.3 Å². The van der Waals surface area contributed by atoms with Crippen molar-refractivity contribution in [2.45, 2.75) is 39.3 Å². The second kappa shape index (κ2) is 7.33. The van der Waals surface area contributed by atoms with Crippen LogP contribution in [0.3, 0.4) is 0 Å². The van der Waals surface area contributed by atoms with Crippen LogP contribution < -0.4 is 5.32 Å². The molecule has 0 saturated carbocycles. The third-order valence-electron chi connectivity index (χ3n) is 3.93. The number of hydrogen-bond acceptors (Lipinski definition) is 7. The number of nitrogens with zero attached hydrogens (tertiary/aromatic N) is 4. The van der Waals surface area contributed by atoms with Crippen LogP contribution in [-0.2, 0) is 11.2 Å². The van der Waals surface area contributed by atoms with Gasteiger partial charge in [-0.3, -0.25) is 4.90 Å². The smallest absolute Gasteiger partial charge is 0.211 e. The maximum atomic E-state index is 5.91. The molecule has 6 nitrogen and oxygen atoms in total. The monoisotopic (exact) mass is 333 g/mol. The van der Waals surface area contributed by atoms with Gasteiger partial charge in [-0.05, 0) is 32.4 Å². The van der Waals surface area contributed by atoms with Crippen LogP contribution >= 0.6 is 11.3 Å². The molecule has 1 N–H and O–H groups in total. The molecule has 0 amide bonds. The molecule has 0 bridgehead atoms. The Bertz CT molecular complexity index is 645. The lowest BCUT2D eigenvalue weighted by atomic mass is 10.1. The minimum absolute atomic E-state index is 0.0218. The van der Waals surface area contributed by atoms with E-state index in [0.717, 1.165) is 47.8 Å². The Morgan fingerprint density at radius 2 is 2.26 bits per heavy atom. The number of morpholine rings is 1. The maximum absolute atomic E-state index is 5.91. The van der Waals surface area contributed by atoms with Gasteiger partial charge in [-0.15, -0.1) is 10.2 Å². The highest BCUT2D eigenvalue weighted by molar-refractivity contribution is 7.15. The summed E-state index contributed by atoms with van der Waals surface area (Å²) in [5.74, 6) is 0.784. The van der Waals surface area contributed by atoms with Gasteiger partial charge in [-0.25, -0.2) is 4.98 Å². The number of nitrogens with one attached hydrogen (secondary N) is 1. The third-order valence-corrected chi connectivity index (χ3v) is 4.92. The molecule has 2 aromatic rings. The van der Waals surface area contributed by atoms with Crippen molar-refractivity contribution in [3.63, 3.8) is 0 Å². The summed E-state index contributed by atoms with van der Waals surface area (Å²) in [6.07, 6.45) is 0.918. The standard InChI is InChI=1S/C16H23N5OS/c1-4-15-19-20-16(23-15)18-14-7-5-6-12(17-14)13-10-21(11(2)3)8-9-22-13/h5-7,11,13H,4,8-10H2,1-3H3,(H,17,18,20)/t13-/m0/s1. The van der Waals surface area contributed by atoms with Gasteiger partial charge in [0.25, 0.3) is 0 Å². The molecule has 1 aliphatic heterocycles. The molecule has 0 spiro atoms. The lowest BCUT2D eigenvalue weighted by Gasteiger charge is -2.35. The lowest BCUT2D eigenvalue weighted by molar-refractivity contribution is -0.0420. The van der Waals surface area contributed by atoms with Crippen molar-refractivity contribution in [1.82, 2.24) is 20.1 Å². The zero-order valence-electron chi connectivity index (χ0n) is 13.8. The van der Waals surface area contributed by atoms with Crippen LogP contribution in [0.5, 0.6) is 0 Å². The van der Waals surface area contributed by atoms with E-state index in [-0.39, 0.29) is 6.10 Å². The zero-order valence-corrected chi connectivity index (χ0v) is 14.6. The van der Waals surface area contributed by atoms with E-state index >= 15 is 0 Å². The number of anilines is 2. The first kappa shape index (κ1) is 16.3. The van der Waals surface area contributed by atoms with Gasteiger partial charge < -0.3 is 10.1 Å². The molecule has 0 radical (unpaired) electrons. The molecule has 7 heteroatoms. The molecule has 3 heterocycles. The lowest BCUT2D eigenvalue weighted by Crippen LogP contribution is -2.42. The van der Waals surface area contributed by atoms with E-state index in [1.807, 2.05) is 18.2 Å². The second-order valence-corrected chi connectivity index (χ2v) is 6.94. The van der Waals surface area contributed by atoms with Crippen LogP contribution in [-0.4, -0.2) is 45.8 Å². The first-order valence-electron chi connectivity index (χ1n) is 8.07. The summed E-state index contributed by atoms with van der Waals surface area (Å²) in [5, 5.41) is 13.3. The molecule has 3 rings (SSSR count). The van der Waals surface area contributed by atoms with E-state index in [4.69, 9.17) is 9.72 Å². The summed E-state index contributed by atoms with van der Waals surface area (Å²) in [7, 11) is 0. The van der Waals surface area contributed by atoms with Crippen LogP contribution in [0.1, 0.15) is 37.6 Å². The minimum Gasteiger partial charge on any atom is -0.369 e. The normalized spacial score (nSPS) is 19.2. The van der Waals surface area contributed by atoms with Gasteiger partial charge in [0.15, 0.2) is 0 Å². The Morgan fingerprint density at radius 1 is 1.39 bits per heavy atom. The average Bonchev–Trinajstić information content (AvgIpc) is 3.03. The second-order valence-electron chi connectivity index (χ2n) is 5.88. The Morgan fingerprint density at radius 3 is 3.00 bits per heavy atom. The fraction of sp³-hybridized carbons (Fsp3) is 0.562. The van der Waals surface area contributed by atoms with Crippen molar-refractivity contribution in [1.29, 1.82) is 0 Å². The predicted molar refractivity (Wildman–Crippen MR) is 92.2 cm³/mol.